The van der Waals surface area contributed by atoms with Crippen LogP contribution < -0.4 is 10.5 Å². The highest BCUT2D eigenvalue weighted by Gasteiger charge is 1.99. The first-order chi connectivity index (χ1) is 7.75. The van der Waals surface area contributed by atoms with Crippen LogP contribution >= 0.6 is 0 Å². The van der Waals surface area contributed by atoms with Crippen molar-refractivity contribution in [3.8, 4) is 5.88 Å². The van der Waals surface area contributed by atoms with E-state index in [4.69, 9.17) is 10.5 Å². The molecule has 0 amide bonds. The van der Waals surface area contributed by atoms with E-state index in [1.807, 2.05) is 49.4 Å². The Labute approximate surface area is 94.9 Å². The summed E-state index contributed by atoms with van der Waals surface area (Å²) in [5.74, 6) is 1.08. The lowest BCUT2D eigenvalue weighted by Crippen LogP contribution is -2.00. The highest BCUT2D eigenvalue weighted by Crippen LogP contribution is 2.14. The summed E-state index contributed by atoms with van der Waals surface area (Å²) in [6.07, 6.45) is 0. The Bertz CT molecular complexity index is 469. The minimum atomic E-state index is 0.510. The minimum Gasteiger partial charge on any atom is -0.473 e. The molecule has 2 aromatic rings. The molecule has 0 atom stereocenters. The lowest BCUT2D eigenvalue weighted by atomic mass is 10.2. The number of nitrogen functional groups attached to an aromatic ring is 1. The molecular weight excluding hydrogens is 200 g/mol. The van der Waals surface area contributed by atoms with Crippen LogP contribution in [0.5, 0.6) is 5.88 Å². The fourth-order valence-electron chi connectivity index (χ4n) is 1.34. The smallest absolute Gasteiger partial charge is 0.215 e. The van der Waals surface area contributed by atoms with Crippen molar-refractivity contribution < 1.29 is 4.74 Å². The highest BCUT2D eigenvalue weighted by molar-refractivity contribution is 5.40. The maximum absolute atomic E-state index is 5.70. The summed E-state index contributed by atoms with van der Waals surface area (Å²) < 4.78 is 5.54. The molecule has 1 heterocycles. The Kier molecular flexibility index (Phi) is 3.05. The molecule has 0 saturated carbocycles. The van der Waals surface area contributed by atoms with Gasteiger partial charge in [-0.15, -0.1) is 0 Å². The van der Waals surface area contributed by atoms with E-state index in [0.717, 1.165) is 11.1 Å². The van der Waals surface area contributed by atoms with Crippen LogP contribution in [0.1, 0.15) is 11.1 Å². The molecule has 0 saturated heterocycles. The van der Waals surface area contributed by atoms with Gasteiger partial charge in [-0.3, -0.25) is 0 Å². The van der Waals surface area contributed by atoms with E-state index in [9.17, 15) is 0 Å². The summed E-state index contributed by atoms with van der Waals surface area (Å²) >= 11 is 0. The normalized spacial score (nSPS) is 10.1. The maximum atomic E-state index is 5.70. The Morgan fingerprint density at radius 3 is 2.56 bits per heavy atom. The summed E-state index contributed by atoms with van der Waals surface area (Å²) in [5.41, 5.74) is 7.78. The summed E-state index contributed by atoms with van der Waals surface area (Å²) in [6, 6.07) is 13.7. The number of aryl methyl sites for hydroxylation is 1. The number of benzene rings is 1. The number of nitrogens with two attached hydrogens (primary N) is 1. The van der Waals surface area contributed by atoms with Crippen molar-refractivity contribution in [2.24, 2.45) is 0 Å². The van der Waals surface area contributed by atoms with Crippen molar-refractivity contribution in [2.45, 2.75) is 13.5 Å². The van der Waals surface area contributed by atoms with Gasteiger partial charge in [-0.2, -0.15) is 4.98 Å². The molecule has 3 nitrogen and oxygen atoms in total. The second-order valence-corrected chi connectivity index (χ2v) is 3.63. The van der Waals surface area contributed by atoms with E-state index >= 15 is 0 Å². The molecule has 0 unspecified atom stereocenters. The molecule has 0 aliphatic carbocycles. The van der Waals surface area contributed by atoms with Gasteiger partial charge in [0.25, 0.3) is 0 Å². The first kappa shape index (κ1) is 10.5. The van der Waals surface area contributed by atoms with Crippen LogP contribution in [0.15, 0.2) is 42.5 Å². The van der Waals surface area contributed by atoms with Gasteiger partial charge in [-0.1, -0.05) is 36.4 Å². The molecule has 0 radical (unpaired) electrons. The Morgan fingerprint density at radius 2 is 1.88 bits per heavy atom. The van der Waals surface area contributed by atoms with Gasteiger partial charge < -0.3 is 10.5 Å². The number of rotatable bonds is 3. The number of hydrogen-bond acceptors (Lipinski definition) is 3. The van der Waals surface area contributed by atoms with Gasteiger partial charge >= 0.3 is 0 Å². The Balaban J connectivity index is 2.03. The molecule has 2 N–H and O–H groups in total. The first-order valence-electron chi connectivity index (χ1n) is 5.15. The SMILES string of the molecule is Cc1ccc(OCc2ccccc2)nc1N. The topological polar surface area (TPSA) is 48.1 Å². The summed E-state index contributed by atoms with van der Waals surface area (Å²) in [5, 5.41) is 0. The third-order valence-corrected chi connectivity index (χ3v) is 2.34. The van der Waals surface area contributed by atoms with Crippen LogP contribution in [0.3, 0.4) is 0 Å². The molecule has 82 valence electrons. The second kappa shape index (κ2) is 4.66. The maximum Gasteiger partial charge on any atom is 0.215 e. The molecule has 3 heteroatoms. The number of aromatic nitrogens is 1. The number of anilines is 1. The molecule has 0 bridgehead atoms. The second-order valence-electron chi connectivity index (χ2n) is 3.63. The third kappa shape index (κ3) is 2.51. The first-order valence-corrected chi connectivity index (χ1v) is 5.15. The van der Waals surface area contributed by atoms with Crippen LogP contribution in [0.25, 0.3) is 0 Å². The van der Waals surface area contributed by atoms with Crippen molar-refractivity contribution in [3.63, 3.8) is 0 Å². The fourth-order valence-corrected chi connectivity index (χ4v) is 1.34. The molecule has 0 aliphatic rings. The number of hydrogen-bond donors (Lipinski definition) is 1. The standard InChI is InChI=1S/C13H14N2O/c1-10-7-8-12(15-13(10)14)16-9-11-5-3-2-4-6-11/h2-8H,9H2,1H3,(H2,14,15). The van der Waals surface area contributed by atoms with Crippen molar-refractivity contribution in [1.82, 2.24) is 4.98 Å². The quantitative estimate of drug-likeness (QED) is 0.854. The van der Waals surface area contributed by atoms with Crippen LogP contribution in [0, 0.1) is 6.92 Å². The van der Waals surface area contributed by atoms with Gasteiger partial charge in [0.05, 0.1) is 0 Å². The van der Waals surface area contributed by atoms with E-state index in [1.165, 1.54) is 0 Å². The van der Waals surface area contributed by atoms with Crippen LogP contribution in [0.2, 0.25) is 0 Å². The van der Waals surface area contributed by atoms with Crippen molar-refractivity contribution >= 4 is 5.82 Å². The van der Waals surface area contributed by atoms with Crippen LogP contribution in [0.4, 0.5) is 5.82 Å². The van der Waals surface area contributed by atoms with Crippen LogP contribution in [-0.4, -0.2) is 4.98 Å². The molecule has 16 heavy (non-hydrogen) atoms. The van der Waals surface area contributed by atoms with E-state index in [0.29, 0.717) is 18.3 Å². The van der Waals surface area contributed by atoms with Crippen molar-refractivity contribution in [3.05, 3.63) is 53.6 Å². The monoisotopic (exact) mass is 214 g/mol. The number of pyridine rings is 1. The Morgan fingerprint density at radius 1 is 1.12 bits per heavy atom. The van der Waals surface area contributed by atoms with Crippen LogP contribution in [-0.2, 0) is 6.61 Å². The lowest BCUT2D eigenvalue weighted by Gasteiger charge is -2.06. The lowest BCUT2D eigenvalue weighted by molar-refractivity contribution is 0.294. The highest BCUT2D eigenvalue weighted by atomic mass is 16.5. The van der Waals surface area contributed by atoms with E-state index in [-0.39, 0.29) is 0 Å². The zero-order valence-corrected chi connectivity index (χ0v) is 9.18. The number of nitrogens with zero attached hydrogens (tertiary/aromatic N) is 1. The molecule has 0 fully saturated rings. The molecule has 2 rings (SSSR count). The van der Waals surface area contributed by atoms with Crippen molar-refractivity contribution in [2.75, 3.05) is 5.73 Å². The number of ether oxygens (including phenoxy) is 1. The third-order valence-electron chi connectivity index (χ3n) is 2.34. The summed E-state index contributed by atoms with van der Waals surface area (Å²) in [7, 11) is 0. The summed E-state index contributed by atoms with van der Waals surface area (Å²) in [4.78, 5) is 4.14. The van der Waals surface area contributed by atoms with Gasteiger partial charge in [0.15, 0.2) is 0 Å². The van der Waals surface area contributed by atoms with Gasteiger partial charge in [0.1, 0.15) is 12.4 Å². The molecular formula is C13H14N2O. The molecule has 1 aromatic carbocycles. The van der Waals surface area contributed by atoms with E-state index in [2.05, 4.69) is 4.98 Å². The average molecular weight is 214 g/mol. The molecule has 1 aromatic heterocycles. The zero-order valence-electron chi connectivity index (χ0n) is 9.18. The van der Waals surface area contributed by atoms with Gasteiger partial charge in [0.2, 0.25) is 5.88 Å². The molecule has 0 spiro atoms. The van der Waals surface area contributed by atoms with E-state index < -0.39 is 0 Å². The zero-order chi connectivity index (χ0) is 11.4. The molecule has 0 aliphatic heterocycles. The summed E-state index contributed by atoms with van der Waals surface area (Å²) in [6.45, 7) is 2.43. The van der Waals surface area contributed by atoms with Gasteiger partial charge in [0, 0.05) is 6.07 Å². The Hall–Kier alpha value is -2.03. The van der Waals surface area contributed by atoms with Gasteiger partial charge in [-0.05, 0) is 18.1 Å². The predicted molar refractivity (Wildman–Crippen MR) is 64.2 cm³/mol. The van der Waals surface area contributed by atoms with E-state index in [1.54, 1.807) is 0 Å². The predicted octanol–water partition coefficient (Wildman–Crippen LogP) is 2.55. The van der Waals surface area contributed by atoms with Crippen molar-refractivity contribution in [1.29, 1.82) is 0 Å². The largest absolute Gasteiger partial charge is 0.473 e. The fraction of sp³-hybridized carbons (Fsp3) is 0.154. The van der Waals surface area contributed by atoms with Gasteiger partial charge in [-0.25, -0.2) is 0 Å². The minimum absolute atomic E-state index is 0.510. The average Bonchev–Trinajstić information content (AvgIpc) is 2.32.